The quantitative estimate of drug-likeness (QED) is 0.386. The molecule has 2 saturated heterocycles. The van der Waals surface area contributed by atoms with Crippen molar-refractivity contribution in [3.05, 3.63) is 6.33 Å². The summed E-state index contributed by atoms with van der Waals surface area (Å²) in [7, 11) is -4.24. The number of rotatable bonds is 4. The number of phosphoric ester groups is 1. The zero-order valence-electron chi connectivity index (χ0n) is 13.3. The third kappa shape index (κ3) is 2.83. The van der Waals surface area contributed by atoms with Crippen molar-refractivity contribution in [2.75, 3.05) is 30.8 Å². The Kier molecular flexibility index (Phi) is 4.31. The van der Waals surface area contributed by atoms with Crippen molar-refractivity contribution in [2.45, 2.75) is 24.5 Å². The number of anilines is 2. The van der Waals surface area contributed by atoms with Gasteiger partial charge in [-0.3, -0.25) is 13.6 Å². The van der Waals surface area contributed by atoms with Crippen LogP contribution in [0.5, 0.6) is 0 Å². The van der Waals surface area contributed by atoms with Crippen molar-refractivity contribution in [3.63, 3.8) is 0 Å². The normalized spacial score (nSPS) is 34.1. The fourth-order valence-electron chi connectivity index (χ4n) is 3.01. The first-order valence-corrected chi connectivity index (χ1v) is 9.23. The van der Waals surface area contributed by atoms with Crippen LogP contribution in [0, 0.1) is 0 Å². The molecule has 2 aliphatic heterocycles. The molecule has 2 aromatic heterocycles. The molecule has 0 bridgehead atoms. The van der Waals surface area contributed by atoms with Crippen molar-refractivity contribution in [3.8, 4) is 0 Å². The van der Waals surface area contributed by atoms with Gasteiger partial charge in [0, 0.05) is 6.54 Å². The summed E-state index contributed by atoms with van der Waals surface area (Å²) in [6.07, 6.45) is -2.92. The Hall–Kier alpha value is -1.86. The van der Waals surface area contributed by atoms with E-state index in [0.29, 0.717) is 0 Å². The molecule has 2 aromatic rings. The van der Waals surface area contributed by atoms with Crippen LogP contribution in [0.1, 0.15) is 6.23 Å². The Balaban J connectivity index is 1.76. The molecule has 2 aliphatic rings. The Morgan fingerprint density at radius 2 is 2.27 bits per heavy atom. The average Bonchev–Trinajstić information content (AvgIpc) is 3.11. The lowest BCUT2D eigenvalue weighted by Gasteiger charge is -2.27. The maximum absolute atomic E-state index is 11.6. The second-order valence-electron chi connectivity index (χ2n) is 5.78. The first-order chi connectivity index (χ1) is 12.4. The van der Waals surface area contributed by atoms with Gasteiger partial charge in [0.2, 0.25) is 5.95 Å². The van der Waals surface area contributed by atoms with Crippen LogP contribution in [0.15, 0.2) is 6.33 Å². The minimum atomic E-state index is -4.24. The van der Waals surface area contributed by atoms with Gasteiger partial charge >= 0.3 is 7.82 Å². The number of aliphatic hydroxyl groups is 2. The molecule has 0 spiro atoms. The lowest BCUT2D eigenvalue weighted by atomic mass is 10.1. The highest BCUT2D eigenvalue weighted by Gasteiger charge is 2.53. The molecule has 14 heteroatoms. The Labute approximate surface area is 146 Å². The largest absolute Gasteiger partial charge is 0.472 e. The number of aromatic nitrogens is 4. The van der Waals surface area contributed by atoms with Crippen LogP contribution >= 0.6 is 7.82 Å². The second-order valence-corrected chi connectivity index (χ2v) is 7.18. The van der Waals surface area contributed by atoms with Crippen molar-refractivity contribution >= 4 is 30.8 Å². The number of ether oxygens (including phenoxy) is 1. The van der Waals surface area contributed by atoms with E-state index in [0.717, 1.165) is 0 Å². The summed E-state index contributed by atoms with van der Waals surface area (Å²) in [5.74, 6) is 0.363. The number of aliphatic hydroxyl groups excluding tert-OH is 2. The summed E-state index contributed by atoms with van der Waals surface area (Å²) in [4.78, 5) is 21.8. The van der Waals surface area contributed by atoms with Crippen molar-refractivity contribution in [2.24, 2.45) is 0 Å². The van der Waals surface area contributed by atoms with E-state index in [1.807, 2.05) is 0 Å². The Bertz CT molecular complexity index is 877. The minimum Gasteiger partial charge on any atom is -0.395 e. The van der Waals surface area contributed by atoms with E-state index in [1.165, 1.54) is 10.9 Å². The van der Waals surface area contributed by atoms with E-state index in [4.69, 9.17) is 24.6 Å². The van der Waals surface area contributed by atoms with Gasteiger partial charge in [-0.2, -0.15) is 0 Å². The molecule has 0 saturated carbocycles. The van der Waals surface area contributed by atoms with Gasteiger partial charge in [-0.05, 0) is 0 Å². The summed E-state index contributed by atoms with van der Waals surface area (Å²) < 4.78 is 28.5. The zero-order chi connectivity index (χ0) is 18.5. The lowest BCUT2D eigenvalue weighted by Crippen LogP contribution is -2.39. The minimum absolute atomic E-state index is 0.130. The maximum atomic E-state index is 11.6. The summed E-state index contributed by atoms with van der Waals surface area (Å²) in [5.41, 5.74) is 6.40. The molecule has 142 valence electrons. The molecule has 2 fully saturated rings. The molecular formula is C12H17N6O7P. The summed E-state index contributed by atoms with van der Waals surface area (Å²) >= 11 is 0. The van der Waals surface area contributed by atoms with Gasteiger partial charge < -0.3 is 30.9 Å². The van der Waals surface area contributed by atoms with Gasteiger partial charge in [0.15, 0.2) is 23.2 Å². The third-order valence-electron chi connectivity index (χ3n) is 4.12. The summed E-state index contributed by atoms with van der Waals surface area (Å²) in [6, 6.07) is 0. The number of imidazole rings is 1. The molecule has 5 atom stereocenters. The Morgan fingerprint density at radius 3 is 3.04 bits per heavy atom. The fourth-order valence-corrected chi connectivity index (χ4v) is 3.97. The van der Waals surface area contributed by atoms with Gasteiger partial charge in [-0.1, -0.05) is 0 Å². The number of hydrogen-bond donors (Lipinski definition) is 5. The van der Waals surface area contributed by atoms with Crippen molar-refractivity contribution < 1.29 is 33.5 Å². The highest BCUT2D eigenvalue weighted by molar-refractivity contribution is 7.47. The molecule has 26 heavy (non-hydrogen) atoms. The molecule has 13 nitrogen and oxygen atoms in total. The highest BCUT2D eigenvalue weighted by Crippen LogP contribution is 2.52. The summed E-state index contributed by atoms with van der Waals surface area (Å²) in [6.45, 7) is -0.193. The van der Waals surface area contributed by atoms with Crippen LogP contribution in [-0.2, 0) is 18.3 Å². The van der Waals surface area contributed by atoms with E-state index in [1.54, 1.807) is 0 Å². The second kappa shape index (κ2) is 6.39. The van der Waals surface area contributed by atoms with Gasteiger partial charge in [-0.15, -0.1) is 0 Å². The molecule has 4 heterocycles. The average molecular weight is 388 g/mol. The maximum Gasteiger partial charge on any atom is 0.472 e. The number of phosphoric acid groups is 1. The van der Waals surface area contributed by atoms with Crippen LogP contribution in [0.25, 0.3) is 11.2 Å². The smallest absolute Gasteiger partial charge is 0.395 e. The van der Waals surface area contributed by atoms with Crippen LogP contribution in [0.4, 0.5) is 11.8 Å². The SMILES string of the molecule is Nc1ncnc2c1nc(NCCO)n2[C@@H]1O[C@@H]2COP(=O)(O)O[C@H]2[C@H]1O. The van der Waals surface area contributed by atoms with Crippen LogP contribution in [0.2, 0.25) is 0 Å². The van der Waals surface area contributed by atoms with Gasteiger partial charge in [0.25, 0.3) is 0 Å². The highest BCUT2D eigenvalue weighted by atomic mass is 31.2. The molecule has 6 N–H and O–H groups in total. The molecule has 0 aromatic carbocycles. The molecule has 1 unspecified atom stereocenters. The van der Waals surface area contributed by atoms with Crippen LogP contribution < -0.4 is 11.1 Å². The zero-order valence-corrected chi connectivity index (χ0v) is 14.2. The van der Waals surface area contributed by atoms with E-state index in [9.17, 15) is 14.6 Å². The monoisotopic (exact) mass is 388 g/mol. The van der Waals surface area contributed by atoms with E-state index < -0.39 is 32.4 Å². The standard InChI is InChI=1S/C12H17N6O7P/c13-9-6-10(16-4-15-9)18(12(17-6)14-1-2-19)11-7(20)8-5(24-11)3-23-26(21,22)25-8/h4-5,7-8,11,19-20H,1-3H2,(H,14,17)(H,21,22)(H2,13,15,16)/t5-,7-,8-,11-/m1/s1. The van der Waals surface area contributed by atoms with Crippen molar-refractivity contribution in [1.82, 2.24) is 19.5 Å². The van der Waals surface area contributed by atoms with E-state index in [2.05, 4.69) is 20.3 Å². The Morgan fingerprint density at radius 1 is 1.46 bits per heavy atom. The van der Waals surface area contributed by atoms with E-state index >= 15 is 0 Å². The third-order valence-corrected chi connectivity index (χ3v) is 5.11. The number of nitrogens with two attached hydrogens (primary N) is 1. The number of nitrogen functional groups attached to an aromatic ring is 1. The molecule has 4 rings (SSSR count). The molecule has 0 aliphatic carbocycles. The molecular weight excluding hydrogens is 371 g/mol. The van der Waals surface area contributed by atoms with E-state index in [-0.39, 0.29) is 42.7 Å². The summed E-state index contributed by atoms with van der Waals surface area (Å²) in [5, 5.41) is 22.6. The predicted octanol–water partition coefficient (Wildman–Crippen LogP) is -1.41. The number of fused-ring (bicyclic) bond motifs is 2. The lowest BCUT2D eigenvalue weighted by molar-refractivity contribution is -0.0659. The predicted molar refractivity (Wildman–Crippen MR) is 85.9 cm³/mol. The van der Waals surface area contributed by atoms with Crippen molar-refractivity contribution in [1.29, 1.82) is 0 Å². The number of nitrogens with one attached hydrogen (secondary N) is 1. The molecule has 0 amide bonds. The number of hydrogen-bond acceptors (Lipinski definition) is 11. The van der Waals surface area contributed by atoms with Gasteiger partial charge in [-0.25, -0.2) is 19.5 Å². The van der Waals surface area contributed by atoms with Gasteiger partial charge in [0.1, 0.15) is 24.6 Å². The van der Waals surface area contributed by atoms with Crippen LogP contribution in [-0.4, -0.2) is 72.7 Å². The first-order valence-electron chi connectivity index (χ1n) is 7.73. The topological polar surface area (TPSA) is 187 Å². The molecule has 0 radical (unpaired) electrons. The van der Waals surface area contributed by atoms with Gasteiger partial charge in [0.05, 0.1) is 13.2 Å². The number of nitrogens with zero attached hydrogens (tertiary/aromatic N) is 4. The first kappa shape index (κ1) is 17.5. The van der Waals surface area contributed by atoms with Crippen LogP contribution in [0.3, 0.4) is 0 Å². The fraction of sp³-hybridized carbons (Fsp3) is 0.583.